The van der Waals surface area contributed by atoms with E-state index in [4.69, 9.17) is 10.5 Å². The predicted octanol–water partition coefficient (Wildman–Crippen LogP) is 0.649. The first kappa shape index (κ1) is 9.81. The summed E-state index contributed by atoms with van der Waals surface area (Å²) < 4.78 is 5.38. The number of amides is 1. The summed E-state index contributed by atoms with van der Waals surface area (Å²) in [6, 6.07) is 7.82. The van der Waals surface area contributed by atoms with Crippen molar-refractivity contribution in [2.24, 2.45) is 5.73 Å². The fourth-order valence-electron chi connectivity index (χ4n) is 2.29. The van der Waals surface area contributed by atoms with Crippen LogP contribution >= 0.6 is 0 Å². The maximum atomic E-state index is 11.9. The summed E-state index contributed by atoms with van der Waals surface area (Å²) in [5, 5.41) is 0. The minimum absolute atomic E-state index is 0.0803. The largest absolute Gasteiger partial charge is 0.363 e. The molecule has 2 N–H and O–H groups in total. The Morgan fingerprint density at radius 1 is 1.50 bits per heavy atom. The Balaban J connectivity index is 1.88. The van der Waals surface area contributed by atoms with Crippen molar-refractivity contribution in [2.45, 2.75) is 25.2 Å². The second-order valence-corrected chi connectivity index (χ2v) is 4.31. The van der Waals surface area contributed by atoms with Crippen LogP contribution in [-0.2, 0) is 16.1 Å². The molecule has 4 heteroatoms. The number of rotatable bonds is 2. The quantitative estimate of drug-likeness (QED) is 0.793. The van der Waals surface area contributed by atoms with Crippen molar-refractivity contribution >= 4 is 11.6 Å². The summed E-state index contributed by atoms with van der Waals surface area (Å²) in [7, 11) is 0. The minimum atomic E-state index is -0.208. The third-order valence-electron chi connectivity index (χ3n) is 3.22. The minimum Gasteiger partial charge on any atom is -0.363 e. The van der Waals surface area contributed by atoms with Crippen LogP contribution in [0.3, 0.4) is 0 Å². The fraction of sp³-hybridized carbons (Fsp3) is 0.417. The van der Waals surface area contributed by atoms with E-state index in [0.717, 1.165) is 17.7 Å². The first-order valence-electron chi connectivity index (χ1n) is 5.54. The van der Waals surface area contributed by atoms with Gasteiger partial charge in [0.2, 0.25) is 0 Å². The van der Waals surface area contributed by atoms with Crippen LogP contribution in [0, 0.1) is 0 Å². The molecule has 0 aliphatic carbocycles. The van der Waals surface area contributed by atoms with Crippen LogP contribution in [0.4, 0.5) is 5.69 Å². The van der Waals surface area contributed by atoms with E-state index < -0.39 is 0 Å². The van der Waals surface area contributed by atoms with Crippen molar-refractivity contribution in [3.8, 4) is 0 Å². The number of morpholine rings is 1. The van der Waals surface area contributed by atoms with Crippen LogP contribution in [0.25, 0.3) is 0 Å². The normalized spacial score (nSPS) is 27.8. The van der Waals surface area contributed by atoms with Crippen molar-refractivity contribution in [2.75, 3.05) is 11.4 Å². The molecule has 16 heavy (non-hydrogen) atoms. The Morgan fingerprint density at radius 3 is 3.00 bits per heavy atom. The Morgan fingerprint density at radius 2 is 2.31 bits per heavy atom. The molecule has 3 heterocycles. The average Bonchev–Trinajstić information content (AvgIpc) is 2.28. The summed E-state index contributed by atoms with van der Waals surface area (Å²) in [5.41, 5.74) is 7.57. The first-order chi connectivity index (χ1) is 7.78. The Hall–Kier alpha value is -1.39. The van der Waals surface area contributed by atoms with E-state index in [2.05, 4.69) is 0 Å². The highest BCUT2D eigenvalue weighted by Gasteiger charge is 2.45. The number of ether oxygens (including phenoxy) is 1. The van der Waals surface area contributed by atoms with E-state index in [-0.39, 0.29) is 18.1 Å². The molecule has 0 saturated carbocycles. The van der Waals surface area contributed by atoms with E-state index in [0.29, 0.717) is 13.1 Å². The van der Waals surface area contributed by atoms with Gasteiger partial charge in [-0.2, -0.15) is 0 Å². The molecule has 1 aromatic rings. The first-order valence-corrected chi connectivity index (χ1v) is 5.54. The molecule has 0 spiro atoms. The van der Waals surface area contributed by atoms with Crippen molar-refractivity contribution in [1.29, 1.82) is 0 Å². The summed E-state index contributed by atoms with van der Waals surface area (Å²) in [6.07, 6.45) is 0.899. The van der Waals surface area contributed by atoms with Gasteiger partial charge in [-0.3, -0.25) is 4.79 Å². The lowest BCUT2D eigenvalue weighted by molar-refractivity contribution is -0.169. The summed E-state index contributed by atoms with van der Waals surface area (Å²) in [4.78, 5) is 13.7. The molecule has 84 valence electrons. The van der Waals surface area contributed by atoms with Crippen molar-refractivity contribution in [3.63, 3.8) is 0 Å². The van der Waals surface area contributed by atoms with Gasteiger partial charge in [0.15, 0.2) is 0 Å². The maximum Gasteiger partial charge on any atom is 0.256 e. The van der Waals surface area contributed by atoms with Gasteiger partial charge >= 0.3 is 0 Å². The molecule has 2 unspecified atom stereocenters. The SMILES string of the molecule is NCc1cccc(N2CC3CC(O3)C2=O)c1. The summed E-state index contributed by atoms with van der Waals surface area (Å²) in [6.45, 7) is 1.17. The van der Waals surface area contributed by atoms with E-state index in [1.54, 1.807) is 0 Å². The van der Waals surface area contributed by atoms with Gasteiger partial charge in [0, 0.05) is 18.7 Å². The molecule has 1 aromatic carbocycles. The fourth-order valence-corrected chi connectivity index (χ4v) is 2.29. The average molecular weight is 218 g/mol. The molecule has 2 atom stereocenters. The number of nitrogens with two attached hydrogens (primary N) is 1. The van der Waals surface area contributed by atoms with Crippen LogP contribution in [0.15, 0.2) is 24.3 Å². The van der Waals surface area contributed by atoms with E-state index in [9.17, 15) is 4.79 Å². The summed E-state index contributed by atoms with van der Waals surface area (Å²) >= 11 is 0. The van der Waals surface area contributed by atoms with Gasteiger partial charge in [-0.05, 0) is 17.7 Å². The van der Waals surface area contributed by atoms with Crippen LogP contribution < -0.4 is 10.6 Å². The highest BCUT2D eigenvalue weighted by atomic mass is 16.5. The molecule has 3 fully saturated rings. The maximum absolute atomic E-state index is 11.9. The van der Waals surface area contributed by atoms with Gasteiger partial charge in [0.25, 0.3) is 5.91 Å². The number of carbonyl (C=O) groups excluding carboxylic acids is 1. The number of hydrogen-bond donors (Lipinski definition) is 1. The molecule has 4 nitrogen and oxygen atoms in total. The molecule has 0 aromatic heterocycles. The zero-order chi connectivity index (χ0) is 11.1. The van der Waals surface area contributed by atoms with E-state index in [1.807, 2.05) is 29.2 Å². The smallest absolute Gasteiger partial charge is 0.256 e. The van der Waals surface area contributed by atoms with Crippen molar-refractivity contribution in [3.05, 3.63) is 29.8 Å². The van der Waals surface area contributed by atoms with Crippen molar-refractivity contribution < 1.29 is 9.53 Å². The van der Waals surface area contributed by atoms with Crippen LogP contribution in [0.5, 0.6) is 0 Å². The molecule has 1 amide bonds. The predicted molar refractivity (Wildman–Crippen MR) is 60.0 cm³/mol. The zero-order valence-electron chi connectivity index (χ0n) is 8.93. The number of anilines is 1. The standard InChI is InChI=1S/C12H14N2O2/c13-6-8-2-1-3-9(4-8)14-7-10-5-11(16-10)12(14)15/h1-4,10-11H,5-7,13H2. The highest BCUT2D eigenvalue weighted by Crippen LogP contribution is 2.32. The molecule has 3 aliphatic rings. The number of piperidine rings is 1. The Kier molecular flexibility index (Phi) is 2.19. The topological polar surface area (TPSA) is 55.6 Å². The number of carbonyl (C=O) groups is 1. The van der Waals surface area contributed by atoms with Gasteiger partial charge < -0.3 is 15.4 Å². The van der Waals surface area contributed by atoms with Gasteiger partial charge in [-0.1, -0.05) is 12.1 Å². The lowest BCUT2D eigenvalue weighted by Crippen LogP contribution is -2.61. The third kappa shape index (κ3) is 1.42. The van der Waals surface area contributed by atoms with E-state index >= 15 is 0 Å². The Bertz CT molecular complexity index is 427. The number of fused-ring (bicyclic) bond motifs is 2. The second kappa shape index (κ2) is 3.57. The van der Waals surface area contributed by atoms with Crippen molar-refractivity contribution in [1.82, 2.24) is 0 Å². The number of nitrogens with zero attached hydrogens (tertiary/aromatic N) is 1. The molecule has 0 radical (unpaired) electrons. The summed E-state index contributed by atoms with van der Waals surface area (Å²) in [5.74, 6) is 0.0803. The zero-order valence-corrected chi connectivity index (χ0v) is 8.93. The highest BCUT2D eigenvalue weighted by molar-refractivity contribution is 5.98. The van der Waals surface area contributed by atoms with Gasteiger partial charge in [0.1, 0.15) is 6.10 Å². The number of hydrogen-bond acceptors (Lipinski definition) is 3. The van der Waals surface area contributed by atoms with Crippen LogP contribution in [0.1, 0.15) is 12.0 Å². The van der Waals surface area contributed by atoms with Crippen LogP contribution in [0.2, 0.25) is 0 Å². The molecule has 2 bridgehead atoms. The number of benzene rings is 1. The van der Waals surface area contributed by atoms with Crippen LogP contribution in [-0.4, -0.2) is 24.7 Å². The second-order valence-electron chi connectivity index (χ2n) is 4.31. The Labute approximate surface area is 94.0 Å². The van der Waals surface area contributed by atoms with Gasteiger partial charge in [-0.15, -0.1) is 0 Å². The third-order valence-corrected chi connectivity index (χ3v) is 3.22. The molecule has 4 rings (SSSR count). The van der Waals surface area contributed by atoms with Gasteiger partial charge in [-0.25, -0.2) is 0 Å². The van der Waals surface area contributed by atoms with Gasteiger partial charge in [0.05, 0.1) is 12.6 Å². The lowest BCUT2D eigenvalue weighted by atomic mass is 9.97. The molecule has 3 saturated heterocycles. The monoisotopic (exact) mass is 218 g/mol. The molecular formula is C12H14N2O2. The van der Waals surface area contributed by atoms with E-state index in [1.165, 1.54) is 0 Å². The molecular weight excluding hydrogens is 204 g/mol. The molecule has 3 aliphatic heterocycles. The lowest BCUT2D eigenvalue weighted by Gasteiger charge is -2.46.